The number of hydrogen-bond donors (Lipinski definition) is 0. The van der Waals surface area contributed by atoms with Crippen LogP contribution in [0.1, 0.15) is 16.0 Å². The zero-order valence-corrected chi connectivity index (χ0v) is 14.6. The molecule has 0 fully saturated rings. The van der Waals surface area contributed by atoms with Gasteiger partial charge in [0.05, 0.1) is 11.9 Å². The Balaban J connectivity index is 2.41. The Hall–Kier alpha value is -0.220. The maximum atomic E-state index is 6.23. The van der Waals surface area contributed by atoms with Crippen LogP contribution in [0, 0.1) is 0 Å². The second-order valence-electron chi connectivity index (χ2n) is 3.92. The number of methoxy groups -OCH3 is 1. The number of alkyl halides is 1. The summed E-state index contributed by atoms with van der Waals surface area (Å²) in [6, 6.07) is 11.3. The average Bonchev–Trinajstić information content (AvgIpc) is 2.37. The highest BCUT2D eigenvalue weighted by atomic mass is 79.9. The quantitative estimate of drug-likeness (QED) is 0.529. The molecule has 0 aliphatic rings. The fourth-order valence-electron chi connectivity index (χ4n) is 1.71. The predicted octanol–water partition coefficient (Wildman–Crippen LogP) is 6.25. The Morgan fingerprint density at radius 2 is 1.74 bits per heavy atom. The molecule has 0 aliphatic carbocycles. The molecule has 2 aromatic rings. The summed E-state index contributed by atoms with van der Waals surface area (Å²) in [5.74, 6) is 0.803. The molecule has 100 valence electrons. The smallest absolute Gasteiger partial charge is 0.120 e. The number of benzene rings is 2. The largest absolute Gasteiger partial charge is 0.497 e. The molecular formula is C14H10Br2Cl2O. The number of hydrogen-bond acceptors (Lipinski definition) is 1. The molecule has 0 amide bonds. The van der Waals surface area contributed by atoms with Gasteiger partial charge < -0.3 is 4.74 Å². The van der Waals surface area contributed by atoms with Gasteiger partial charge in [0, 0.05) is 14.5 Å². The molecule has 0 heterocycles. The van der Waals surface area contributed by atoms with E-state index in [0.29, 0.717) is 10.0 Å². The third-order valence-corrected chi connectivity index (χ3v) is 4.95. The first-order valence-corrected chi connectivity index (χ1v) is 7.92. The lowest BCUT2D eigenvalue weighted by Crippen LogP contribution is -1.96. The van der Waals surface area contributed by atoms with E-state index in [1.165, 1.54) is 0 Å². The Morgan fingerprint density at radius 1 is 1.05 bits per heavy atom. The standard InChI is InChI=1S/C14H10Br2Cl2O/c1-19-9-3-5-10(12(15)7-9)14(16)11-4-2-8(17)6-13(11)18/h2-7,14H,1H3. The molecule has 0 radical (unpaired) electrons. The fourth-order valence-corrected chi connectivity index (χ4v) is 4.06. The topological polar surface area (TPSA) is 9.23 Å². The second-order valence-corrected chi connectivity index (χ2v) is 6.53. The Bertz CT molecular complexity index is 602. The molecule has 0 N–H and O–H groups in total. The number of rotatable bonds is 3. The SMILES string of the molecule is COc1ccc(C(Br)c2ccc(Cl)cc2Cl)c(Br)c1. The molecule has 1 atom stereocenters. The molecule has 19 heavy (non-hydrogen) atoms. The van der Waals surface area contributed by atoms with Gasteiger partial charge in [-0.3, -0.25) is 0 Å². The minimum atomic E-state index is -0.0162. The van der Waals surface area contributed by atoms with Crippen LogP contribution in [0.25, 0.3) is 0 Å². The van der Waals surface area contributed by atoms with Crippen LogP contribution in [0.4, 0.5) is 0 Å². The van der Waals surface area contributed by atoms with Crippen molar-refractivity contribution >= 4 is 55.1 Å². The number of halogens is 4. The lowest BCUT2D eigenvalue weighted by atomic mass is 10.0. The van der Waals surface area contributed by atoms with Gasteiger partial charge in [0.2, 0.25) is 0 Å². The van der Waals surface area contributed by atoms with Crippen LogP contribution in [-0.2, 0) is 0 Å². The van der Waals surface area contributed by atoms with Crippen molar-refractivity contribution in [2.75, 3.05) is 7.11 Å². The molecule has 0 spiro atoms. The predicted molar refractivity (Wildman–Crippen MR) is 87.9 cm³/mol. The summed E-state index contributed by atoms with van der Waals surface area (Å²) >= 11 is 19.4. The highest BCUT2D eigenvalue weighted by molar-refractivity contribution is 9.11. The second kappa shape index (κ2) is 6.49. The van der Waals surface area contributed by atoms with E-state index in [1.807, 2.05) is 30.3 Å². The summed E-state index contributed by atoms with van der Waals surface area (Å²) in [4.78, 5) is -0.0162. The van der Waals surface area contributed by atoms with Crippen molar-refractivity contribution in [2.45, 2.75) is 4.83 Å². The Labute approximate surface area is 139 Å². The summed E-state index contributed by atoms with van der Waals surface area (Å²) < 4.78 is 6.14. The monoisotopic (exact) mass is 422 g/mol. The van der Waals surface area contributed by atoms with E-state index in [0.717, 1.165) is 21.3 Å². The van der Waals surface area contributed by atoms with Gasteiger partial charge in [-0.25, -0.2) is 0 Å². The van der Waals surface area contributed by atoms with Gasteiger partial charge in [-0.15, -0.1) is 0 Å². The van der Waals surface area contributed by atoms with E-state index < -0.39 is 0 Å². The molecule has 0 bridgehead atoms. The molecule has 0 saturated carbocycles. The lowest BCUT2D eigenvalue weighted by Gasteiger charge is -2.15. The molecule has 2 rings (SSSR count). The van der Waals surface area contributed by atoms with E-state index in [2.05, 4.69) is 31.9 Å². The van der Waals surface area contributed by atoms with E-state index >= 15 is 0 Å². The third-order valence-electron chi connectivity index (χ3n) is 2.72. The first-order chi connectivity index (χ1) is 9.02. The van der Waals surface area contributed by atoms with Crippen LogP contribution < -0.4 is 4.74 Å². The minimum absolute atomic E-state index is 0.0162. The summed E-state index contributed by atoms with van der Waals surface area (Å²) in [6.07, 6.45) is 0. The third kappa shape index (κ3) is 3.46. The van der Waals surface area contributed by atoms with Gasteiger partial charge in [-0.1, -0.05) is 67.2 Å². The van der Waals surface area contributed by atoms with Crippen molar-refractivity contribution < 1.29 is 4.74 Å². The highest BCUT2D eigenvalue weighted by Gasteiger charge is 2.17. The van der Waals surface area contributed by atoms with Crippen molar-refractivity contribution in [1.29, 1.82) is 0 Å². The van der Waals surface area contributed by atoms with E-state index in [4.69, 9.17) is 27.9 Å². The maximum absolute atomic E-state index is 6.23. The first-order valence-electron chi connectivity index (χ1n) is 5.45. The van der Waals surface area contributed by atoms with Gasteiger partial charge in [-0.05, 0) is 35.4 Å². The van der Waals surface area contributed by atoms with Gasteiger partial charge in [0.15, 0.2) is 0 Å². The summed E-state index contributed by atoms with van der Waals surface area (Å²) in [7, 11) is 1.64. The Kier molecular flexibility index (Phi) is 5.18. The Morgan fingerprint density at radius 3 is 2.32 bits per heavy atom. The van der Waals surface area contributed by atoms with Gasteiger partial charge >= 0.3 is 0 Å². The minimum Gasteiger partial charge on any atom is -0.497 e. The molecule has 1 unspecified atom stereocenters. The van der Waals surface area contributed by atoms with Crippen molar-refractivity contribution in [3.05, 3.63) is 62.0 Å². The molecule has 0 aromatic heterocycles. The van der Waals surface area contributed by atoms with Crippen molar-refractivity contribution in [3.63, 3.8) is 0 Å². The van der Waals surface area contributed by atoms with Crippen LogP contribution in [0.5, 0.6) is 5.75 Å². The van der Waals surface area contributed by atoms with Crippen LogP contribution >= 0.6 is 55.1 Å². The highest BCUT2D eigenvalue weighted by Crippen LogP contribution is 2.40. The van der Waals surface area contributed by atoms with Gasteiger partial charge in [0.1, 0.15) is 5.75 Å². The maximum Gasteiger partial charge on any atom is 0.120 e. The van der Waals surface area contributed by atoms with Crippen LogP contribution in [0.2, 0.25) is 10.0 Å². The van der Waals surface area contributed by atoms with Crippen molar-refractivity contribution in [3.8, 4) is 5.75 Å². The number of ether oxygens (including phenoxy) is 1. The summed E-state index contributed by atoms with van der Waals surface area (Å²) in [5.41, 5.74) is 2.04. The first kappa shape index (κ1) is 15.2. The van der Waals surface area contributed by atoms with Crippen LogP contribution in [-0.4, -0.2) is 7.11 Å². The van der Waals surface area contributed by atoms with E-state index in [-0.39, 0.29) is 4.83 Å². The average molecular weight is 425 g/mol. The van der Waals surface area contributed by atoms with E-state index in [1.54, 1.807) is 13.2 Å². The molecule has 2 aromatic carbocycles. The summed E-state index contributed by atoms with van der Waals surface area (Å²) in [6.45, 7) is 0. The molecular weight excluding hydrogens is 415 g/mol. The fraction of sp³-hybridized carbons (Fsp3) is 0.143. The molecule has 5 heteroatoms. The molecule has 1 nitrogen and oxygen atoms in total. The zero-order valence-electron chi connectivity index (χ0n) is 9.96. The van der Waals surface area contributed by atoms with Crippen molar-refractivity contribution in [2.24, 2.45) is 0 Å². The van der Waals surface area contributed by atoms with Crippen LogP contribution in [0.3, 0.4) is 0 Å². The lowest BCUT2D eigenvalue weighted by molar-refractivity contribution is 0.414. The summed E-state index contributed by atoms with van der Waals surface area (Å²) in [5, 5.41) is 1.26. The van der Waals surface area contributed by atoms with Crippen LogP contribution in [0.15, 0.2) is 40.9 Å². The zero-order chi connectivity index (χ0) is 14.0. The van der Waals surface area contributed by atoms with E-state index in [9.17, 15) is 0 Å². The van der Waals surface area contributed by atoms with Gasteiger partial charge in [-0.2, -0.15) is 0 Å². The van der Waals surface area contributed by atoms with Gasteiger partial charge in [0.25, 0.3) is 0 Å². The molecule has 0 saturated heterocycles. The normalized spacial score (nSPS) is 12.3. The van der Waals surface area contributed by atoms with Crippen molar-refractivity contribution in [1.82, 2.24) is 0 Å². The molecule has 0 aliphatic heterocycles.